The molecule has 0 spiro atoms. The first kappa shape index (κ1) is 13.6. The molecule has 0 amide bonds. The number of benzene rings is 3. The number of hydrogen-bond donors (Lipinski definition) is 1. The molecule has 1 aromatic heterocycles. The molecule has 0 saturated carbocycles. The van der Waals surface area contributed by atoms with Gasteiger partial charge in [0.2, 0.25) is 0 Å². The number of rotatable bonds is 2. The smallest absolute Gasteiger partial charge is 0.0544 e. The molecule has 0 fully saturated rings. The van der Waals surface area contributed by atoms with Crippen molar-refractivity contribution in [2.24, 2.45) is 0 Å². The van der Waals surface area contributed by atoms with E-state index in [0.29, 0.717) is 0 Å². The first-order valence-electron chi connectivity index (χ1n) is 7.25. The second kappa shape index (κ2) is 5.61. The summed E-state index contributed by atoms with van der Waals surface area (Å²) >= 11 is 2.34. The Morgan fingerprint density at radius 1 is 0.636 bits per heavy atom. The zero-order valence-electron chi connectivity index (χ0n) is 11.9. The van der Waals surface area contributed by atoms with Crippen LogP contribution in [-0.2, 0) is 0 Å². The number of aromatic nitrogens is 1. The molecule has 1 nitrogen and oxygen atoms in total. The average molecular weight is 395 g/mol. The van der Waals surface area contributed by atoms with Gasteiger partial charge in [0.25, 0.3) is 0 Å². The monoisotopic (exact) mass is 395 g/mol. The third-order valence-electron chi connectivity index (χ3n) is 3.90. The summed E-state index contributed by atoms with van der Waals surface area (Å²) in [6.07, 6.45) is 0. The molecule has 4 aromatic rings. The Bertz CT molecular complexity index is 921. The van der Waals surface area contributed by atoms with E-state index in [1.165, 1.54) is 36.9 Å². The van der Waals surface area contributed by atoms with E-state index < -0.39 is 0 Å². The highest BCUT2D eigenvalue weighted by Crippen LogP contribution is 2.38. The van der Waals surface area contributed by atoms with Crippen molar-refractivity contribution in [3.8, 4) is 22.4 Å². The van der Waals surface area contributed by atoms with Gasteiger partial charge in [0.15, 0.2) is 0 Å². The normalized spacial score (nSPS) is 11.0. The van der Waals surface area contributed by atoms with E-state index >= 15 is 0 Å². The number of fused-ring (bicyclic) bond motifs is 1. The van der Waals surface area contributed by atoms with Gasteiger partial charge in [0.1, 0.15) is 0 Å². The van der Waals surface area contributed by atoms with Crippen molar-refractivity contribution in [1.29, 1.82) is 0 Å². The highest BCUT2D eigenvalue weighted by molar-refractivity contribution is 14.1. The number of hydrogen-bond acceptors (Lipinski definition) is 0. The Morgan fingerprint density at radius 3 is 2.09 bits per heavy atom. The fraction of sp³-hybridized carbons (Fsp3) is 0. The van der Waals surface area contributed by atoms with Crippen LogP contribution in [0.3, 0.4) is 0 Å². The minimum absolute atomic E-state index is 1.18. The zero-order valence-corrected chi connectivity index (χ0v) is 14.0. The summed E-state index contributed by atoms with van der Waals surface area (Å²) in [7, 11) is 0. The van der Waals surface area contributed by atoms with Crippen LogP contribution in [0.25, 0.3) is 33.3 Å². The van der Waals surface area contributed by atoms with Crippen LogP contribution in [0.15, 0.2) is 78.9 Å². The van der Waals surface area contributed by atoms with Gasteiger partial charge in [-0.15, -0.1) is 0 Å². The first-order chi connectivity index (χ1) is 10.8. The minimum Gasteiger partial charge on any atom is -0.354 e. The van der Waals surface area contributed by atoms with Gasteiger partial charge in [0.05, 0.1) is 5.69 Å². The molecule has 0 unspecified atom stereocenters. The van der Waals surface area contributed by atoms with E-state index in [1.54, 1.807) is 0 Å². The third kappa shape index (κ3) is 2.33. The topological polar surface area (TPSA) is 15.8 Å². The molecule has 0 atom stereocenters. The summed E-state index contributed by atoms with van der Waals surface area (Å²) in [4.78, 5) is 3.60. The van der Waals surface area contributed by atoms with Crippen LogP contribution in [0.1, 0.15) is 0 Å². The summed E-state index contributed by atoms with van der Waals surface area (Å²) in [5.41, 5.74) is 6.10. The average Bonchev–Trinajstić information content (AvgIpc) is 2.96. The maximum absolute atomic E-state index is 3.60. The van der Waals surface area contributed by atoms with Gasteiger partial charge in [-0.25, -0.2) is 0 Å². The molecule has 0 aliphatic rings. The lowest BCUT2D eigenvalue weighted by Crippen LogP contribution is -1.83. The Balaban J connectivity index is 2.04. The van der Waals surface area contributed by atoms with Crippen LogP contribution in [-0.4, -0.2) is 4.98 Å². The number of halogens is 1. The molecule has 1 N–H and O–H groups in total. The second-order valence-corrected chi connectivity index (χ2v) is 6.54. The standard InChI is InChI=1S/C20H14IN/c21-16-12-10-15(11-13-16)20-19(14-6-2-1-3-7-14)17-8-4-5-9-18(17)22-20/h1-13,22H. The highest BCUT2D eigenvalue weighted by atomic mass is 127. The zero-order chi connectivity index (χ0) is 14.9. The first-order valence-corrected chi connectivity index (χ1v) is 8.33. The number of nitrogens with one attached hydrogen (secondary N) is 1. The molecular formula is C20H14IN. The lowest BCUT2D eigenvalue weighted by atomic mass is 9.98. The van der Waals surface area contributed by atoms with E-state index in [1.807, 2.05) is 0 Å². The molecule has 4 rings (SSSR count). The van der Waals surface area contributed by atoms with Crippen LogP contribution in [0, 0.1) is 3.57 Å². The van der Waals surface area contributed by atoms with Crippen molar-refractivity contribution in [1.82, 2.24) is 4.98 Å². The molecule has 0 aliphatic carbocycles. The Morgan fingerprint density at radius 2 is 1.32 bits per heavy atom. The second-order valence-electron chi connectivity index (χ2n) is 5.29. The minimum atomic E-state index is 1.18. The van der Waals surface area contributed by atoms with Gasteiger partial charge in [0, 0.05) is 20.0 Å². The molecule has 0 radical (unpaired) electrons. The molecule has 106 valence electrons. The Labute approximate surface area is 143 Å². The van der Waals surface area contributed by atoms with Crippen LogP contribution in [0.2, 0.25) is 0 Å². The maximum atomic E-state index is 3.60. The summed E-state index contributed by atoms with van der Waals surface area (Å²) in [6.45, 7) is 0. The molecule has 0 saturated heterocycles. The van der Waals surface area contributed by atoms with Crippen molar-refractivity contribution in [2.45, 2.75) is 0 Å². The van der Waals surface area contributed by atoms with Crippen LogP contribution < -0.4 is 0 Å². The van der Waals surface area contributed by atoms with E-state index in [4.69, 9.17) is 0 Å². The SMILES string of the molecule is Ic1ccc(-c2[nH]c3ccccc3c2-c2ccccc2)cc1. The molecule has 2 heteroatoms. The summed E-state index contributed by atoms with van der Waals surface area (Å²) in [6, 6.07) is 27.7. The molecule has 1 heterocycles. The number of H-pyrrole nitrogens is 1. The van der Waals surface area contributed by atoms with Gasteiger partial charge >= 0.3 is 0 Å². The molecule has 0 bridgehead atoms. The predicted octanol–water partition coefficient (Wildman–Crippen LogP) is 6.11. The quantitative estimate of drug-likeness (QED) is 0.395. The highest BCUT2D eigenvalue weighted by Gasteiger charge is 2.14. The molecular weight excluding hydrogens is 381 g/mol. The summed E-state index contributed by atoms with van der Waals surface area (Å²) in [5.74, 6) is 0. The summed E-state index contributed by atoms with van der Waals surface area (Å²) < 4.78 is 1.25. The van der Waals surface area contributed by atoms with Crippen molar-refractivity contribution in [3.63, 3.8) is 0 Å². The van der Waals surface area contributed by atoms with Crippen LogP contribution in [0.4, 0.5) is 0 Å². The van der Waals surface area contributed by atoms with Gasteiger partial charge in [-0.2, -0.15) is 0 Å². The molecule has 3 aromatic carbocycles. The van der Waals surface area contributed by atoms with Crippen LogP contribution >= 0.6 is 22.6 Å². The van der Waals surface area contributed by atoms with Crippen molar-refractivity contribution in [3.05, 3.63) is 82.4 Å². The largest absolute Gasteiger partial charge is 0.354 e. The van der Waals surface area contributed by atoms with E-state index in [-0.39, 0.29) is 0 Å². The molecule has 0 aliphatic heterocycles. The maximum Gasteiger partial charge on any atom is 0.0544 e. The van der Waals surface area contributed by atoms with Crippen molar-refractivity contribution in [2.75, 3.05) is 0 Å². The van der Waals surface area contributed by atoms with Gasteiger partial charge in [-0.3, -0.25) is 0 Å². The van der Waals surface area contributed by atoms with Crippen molar-refractivity contribution < 1.29 is 0 Å². The van der Waals surface area contributed by atoms with E-state index in [2.05, 4.69) is 106 Å². The fourth-order valence-electron chi connectivity index (χ4n) is 2.88. The third-order valence-corrected chi connectivity index (χ3v) is 4.62. The molecule has 22 heavy (non-hydrogen) atoms. The van der Waals surface area contributed by atoms with Crippen LogP contribution in [0.5, 0.6) is 0 Å². The van der Waals surface area contributed by atoms with E-state index in [9.17, 15) is 0 Å². The number of para-hydroxylation sites is 1. The lowest BCUT2D eigenvalue weighted by molar-refractivity contribution is 1.44. The van der Waals surface area contributed by atoms with Gasteiger partial charge in [-0.05, 0) is 51.9 Å². The number of aromatic amines is 1. The summed E-state index contributed by atoms with van der Waals surface area (Å²) in [5, 5.41) is 1.27. The fourth-order valence-corrected chi connectivity index (χ4v) is 3.24. The van der Waals surface area contributed by atoms with Crippen molar-refractivity contribution >= 4 is 33.5 Å². The Hall–Kier alpha value is -2.07. The van der Waals surface area contributed by atoms with E-state index in [0.717, 1.165) is 0 Å². The predicted molar refractivity (Wildman–Crippen MR) is 102 cm³/mol. The Kier molecular flexibility index (Phi) is 3.47. The van der Waals surface area contributed by atoms with Gasteiger partial charge < -0.3 is 4.98 Å². The van der Waals surface area contributed by atoms with Gasteiger partial charge in [-0.1, -0.05) is 60.7 Å². The lowest BCUT2D eigenvalue weighted by Gasteiger charge is -2.06.